The SMILES string of the molecule is CC.COc1cncc(C)c1C=O. The summed E-state index contributed by atoms with van der Waals surface area (Å²) >= 11 is 0. The van der Waals surface area contributed by atoms with Crippen LogP contribution in [0.5, 0.6) is 5.75 Å². The molecular weight excluding hydrogens is 166 g/mol. The fourth-order valence-corrected chi connectivity index (χ4v) is 0.864. The van der Waals surface area contributed by atoms with Gasteiger partial charge in [0.2, 0.25) is 0 Å². The van der Waals surface area contributed by atoms with E-state index in [2.05, 4.69) is 4.98 Å². The summed E-state index contributed by atoms with van der Waals surface area (Å²) in [6.07, 6.45) is 3.93. The summed E-state index contributed by atoms with van der Waals surface area (Å²) in [6.45, 7) is 5.82. The number of pyridine rings is 1. The molecule has 0 aliphatic heterocycles. The molecule has 0 aromatic carbocycles. The number of rotatable bonds is 2. The summed E-state index contributed by atoms with van der Waals surface area (Å²) in [5.41, 5.74) is 1.40. The molecule has 0 saturated carbocycles. The molecule has 0 radical (unpaired) electrons. The van der Waals surface area contributed by atoms with Gasteiger partial charge in [0.05, 0.1) is 18.9 Å². The van der Waals surface area contributed by atoms with E-state index in [4.69, 9.17) is 4.74 Å². The van der Waals surface area contributed by atoms with E-state index in [9.17, 15) is 4.79 Å². The quantitative estimate of drug-likeness (QED) is 0.657. The number of nitrogens with zero attached hydrogens (tertiary/aromatic N) is 1. The van der Waals surface area contributed by atoms with Crippen LogP contribution in [0.25, 0.3) is 0 Å². The Morgan fingerprint density at radius 1 is 1.38 bits per heavy atom. The zero-order valence-electron chi connectivity index (χ0n) is 8.50. The Morgan fingerprint density at radius 2 is 2.00 bits per heavy atom. The minimum absolute atomic E-state index is 0.528. The van der Waals surface area contributed by atoms with Gasteiger partial charge in [0.1, 0.15) is 5.75 Å². The third-order valence-corrected chi connectivity index (χ3v) is 1.49. The zero-order valence-corrected chi connectivity index (χ0v) is 8.50. The number of hydrogen-bond donors (Lipinski definition) is 0. The molecule has 3 nitrogen and oxygen atoms in total. The number of carbonyl (C=O) groups is 1. The lowest BCUT2D eigenvalue weighted by Gasteiger charge is -2.03. The average molecular weight is 181 g/mol. The molecule has 0 saturated heterocycles. The highest BCUT2D eigenvalue weighted by molar-refractivity contribution is 5.80. The van der Waals surface area contributed by atoms with Crippen LogP contribution >= 0.6 is 0 Å². The van der Waals surface area contributed by atoms with Crippen LogP contribution in [-0.2, 0) is 0 Å². The van der Waals surface area contributed by atoms with Crippen molar-refractivity contribution < 1.29 is 9.53 Å². The molecule has 0 amide bonds. The Hall–Kier alpha value is -1.38. The summed E-state index contributed by atoms with van der Waals surface area (Å²) in [6, 6.07) is 0. The van der Waals surface area contributed by atoms with E-state index < -0.39 is 0 Å². The summed E-state index contributed by atoms with van der Waals surface area (Å²) in [5, 5.41) is 0. The van der Waals surface area contributed by atoms with Crippen LogP contribution in [0.3, 0.4) is 0 Å². The Labute approximate surface area is 78.8 Å². The van der Waals surface area contributed by atoms with Crippen LogP contribution < -0.4 is 4.74 Å². The first-order valence-electron chi connectivity index (χ1n) is 4.23. The number of aldehydes is 1. The normalized spacial score (nSPS) is 8.31. The maximum Gasteiger partial charge on any atom is 0.154 e. The summed E-state index contributed by atoms with van der Waals surface area (Å²) < 4.78 is 4.92. The molecule has 1 heterocycles. The predicted molar refractivity (Wildman–Crippen MR) is 52.3 cm³/mol. The number of carbonyl (C=O) groups excluding carboxylic acids is 1. The van der Waals surface area contributed by atoms with Crippen molar-refractivity contribution in [3.8, 4) is 5.75 Å². The first kappa shape index (κ1) is 11.6. The van der Waals surface area contributed by atoms with E-state index >= 15 is 0 Å². The minimum Gasteiger partial charge on any atom is -0.494 e. The lowest BCUT2D eigenvalue weighted by molar-refractivity contribution is 0.112. The van der Waals surface area contributed by atoms with Crippen LogP contribution in [0.1, 0.15) is 29.8 Å². The highest BCUT2D eigenvalue weighted by Gasteiger charge is 2.03. The first-order chi connectivity index (χ1) is 6.29. The smallest absolute Gasteiger partial charge is 0.154 e. The molecule has 0 spiro atoms. The molecule has 0 aliphatic rings. The summed E-state index contributed by atoms with van der Waals surface area (Å²) in [4.78, 5) is 14.4. The third-order valence-electron chi connectivity index (χ3n) is 1.49. The lowest BCUT2D eigenvalue weighted by atomic mass is 10.2. The molecule has 0 atom stereocenters. The van der Waals surface area contributed by atoms with E-state index in [0.29, 0.717) is 11.3 Å². The van der Waals surface area contributed by atoms with Crippen molar-refractivity contribution >= 4 is 6.29 Å². The summed E-state index contributed by atoms with van der Waals surface area (Å²) in [7, 11) is 1.52. The second kappa shape index (κ2) is 6.17. The molecule has 0 N–H and O–H groups in total. The lowest BCUT2D eigenvalue weighted by Crippen LogP contribution is -1.94. The molecule has 0 aliphatic carbocycles. The van der Waals surface area contributed by atoms with Crippen molar-refractivity contribution in [1.82, 2.24) is 4.98 Å². The molecule has 1 aromatic heterocycles. The van der Waals surface area contributed by atoms with Gasteiger partial charge in [-0.3, -0.25) is 9.78 Å². The van der Waals surface area contributed by atoms with Gasteiger partial charge in [-0.25, -0.2) is 0 Å². The van der Waals surface area contributed by atoms with Crippen molar-refractivity contribution in [2.75, 3.05) is 7.11 Å². The number of ether oxygens (including phenoxy) is 1. The molecule has 0 unspecified atom stereocenters. The van der Waals surface area contributed by atoms with Gasteiger partial charge in [0.25, 0.3) is 0 Å². The average Bonchev–Trinajstić information content (AvgIpc) is 2.20. The Balaban J connectivity index is 0.000000671. The molecular formula is C10H15NO2. The predicted octanol–water partition coefficient (Wildman–Crippen LogP) is 2.24. The van der Waals surface area contributed by atoms with Crippen molar-refractivity contribution in [1.29, 1.82) is 0 Å². The zero-order chi connectivity index (χ0) is 10.3. The molecule has 0 bridgehead atoms. The monoisotopic (exact) mass is 181 g/mol. The summed E-state index contributed by atoms with van der Waals surface area (Å²) in [5.74, 6) is 0.528. The molecule has 1 aromatic rings. The molecule has 13 heavy (non-hydrogen) atoms. The van der Waals surface area contributed by atoms with Crippen molar-refractivity contribution in [2.24, 2.45) is 0 Å². The first-order valence-corrected chi connectivity index (χ1v) is 4.23. The Morgan fingerprint density at radius 3 is 2.38 bits per heavy atom. The van der Waals surface area contributed by atoms with Crippen LogP contribution in [0, 0.1) is 6.92 Å². The van der Waals surface area contributed by atoms with Gasteiger partial charge in [0.15, 0.2) is 6.29 Å². The van der Waals surface area contributed by atoms with Gasteiger partial charge in [-0.1, -0.05) is 13.8 Å². The Kier molecular flexibility index (Phi) is 5.52. The molecule has 0 fully saturated rings. The molecule has 1 rings (SSSR count). The van der Waals surface area contributed by atoms with Crippen molar-refractivity contribution in [3.63, 3.8) is 0 Å². The van der Waals surface area contributed by atoms with Crippen LogP contribution in [0.2, 0.25) is 0 Å². The fraction of sp³-hybridized carbons (Fsp3) is 0.400. The van der Waals surface area contributed by atoms with Crippen molar-refractivity contribution in [2.45, 2.75) is 20.8 Å². The number of methoxy groups -OCH3 is 1. The highest BCUT2D eigenvalue weighted by atomic mass is 16.5. The number of aromatic nitrogens is 1. The van der Waals surface area contributed by atoms with Crippen molar-refractivity contribution in [3.05, 3.63) is 23.5 Å². The number of hydrogen-bond acceptors (Lipinski definition) is 3. The van der Waals surface area contributed by atoms with Crippen LogP contribution in [0.4, 0.5) is 0 Å². The van der Waals surface area contributed by atoms with E-state index in [1.807, 2.05) is 20.8 Å². The van der Waals surface area contributed by atoms with Crippen LogP contribution in [-0.4, -0.2) is 18.4 Å². The maximum atomic E-state index is 10.5. The maximum absolute atomic E-state index is 10.5. The van der Waals surface area contributed by atoms with Gasteiger partial charge in [-0.2, -0.15) is 0 Å². The van der Waals surface area contributed by atoms with Gasteiger partial charge < -0.3 is 4.74 Å². The van der Waals surface area contributed by atoms with E-state index in [-0.39, 0.29) is 0 Å². The largest absolute Gasteiger partial charge is 0.494 e. The van der Waals surface area contributed by atoms with E-state index in [1.165, 1.54) is 13.3 Å². The second-order valence-electron chi connectivity index (χ2n) is 2.19. The highest BCUT2D eigenvalue weighted by Crippen LogP contribution is 2.16. The van der Waals surface area contributed by atoms with Gasteiger partial charge in [-0.05, 0) is 12.5 Å². The van der Waals surface area contributed by atoms with E-state index in [0.717, 1.165) is 11.8 Å². The number of aryl methyl sites for hydroxylation is 1. The topological polar surface area (TPSA) is 39.2 Å². The Bertz CT molecular complexity index is 272. The van der Waals surface area contributed by atoms with Gasteiger partial charge in [0, 0.05) is 6.20 Å². The standard InChI is InChI=1S/C8H9NO2.C2H6/c1-6-3-9-4-8(11-2)7(6)5-10;1-2/h3-5H,1-2H3;1-2H3. The third kappa shape index (κ3) is 2.86. The second-order valence-corrected chi connectivity index (χ2v) is 2.19. The molecule has 3 heteroatoms. The van der Waals surface area contributed by atoms with Crippen LogP contribution in [0.15, 0.2) is 12.4 Å². The van der Waals surface area contributed by atoms with Gasteiger partial charge in [-0.15, -0.1) is 0 Å². The minimum atomic E-state index is 0.528. The molecule has 72 valence electrons. The van der Waals surface area contributed by atoms with Gasteiger partial charge >= 0.3 is 0 Å². The van der Waals surface area contributed by atoms with E-state index in [1.54, 1.807) is 6.20 Å². The fourth-order valence-electron chi connectivity index (χ4n) is 0.864.